The number of benzene rings is 1. The van der Waals surface area contributed by atoms with E-state index in [2.05, 4.69) is 20.4 Å². The number of nitrogens with one attached hydrogen (secondary N) is 1. The van der Waals surface area contributed by atoms with Crippen LogP contribution in [0.4, 0.5) is 5.82 Å². The third-order valence-electron chi connectivity index (χ3n) is 5.22. The minimum Gasteiger partial charge on any atom is -0.481 e. The predicted octanol–water partition coefficient (Wildman–Crippen LogP) is 3.60. The smallest absolute Gasteiger partial charge is 0.303 e. The summed E-state index contributed by atoms with van der Waals surface area (Å²) in [6, 6.07) is 11.4. The number of carboxylic acids is 1. The molecule has 3 aromatic rings. The fraction of sp³-hybridized carbons (Fsp3) is 0.391. The maximum Gasteiger partial charge on any atom is 0.303 e. The van der Waals surface area contributed by atoms with Gasteiger partial charge in [-0.05, 0) is 49.6 Å². The molecule has 32 heavy (non-hydrogen) atoms. The Kier molecular flexibility index (Phi) is 6.84. The summed E-state index contributed by atoms with van der Waals surface area (Å²) in [5.41, 5.74) is 1.85. The van der Waals surface area contributed by atoms with Crippen LogP contribution in [0.2, 0.25) is 0 Å². The van der Waals surface area contributed by atoms with Gasteiger partial charge in [-0.1, -0.05) is 17.3 Å². The van der Waals surface area contributed by atoms with Crippen LogP contribution in [-0.2, 0) is 24.1 Å². The molecule has 0 aliphatic carbocycles. The number of nitrogens with zero attached hydrogens (tertiary/aromatic N) is 3. The molecule has 0 spiro atoms. The summed E-state index contributed by atoms with van der Waals surface area (Å²) in [6.45, 7) is 3.04. The highest BCUT2D eigenvalue weighted by Gasteiger charge is 2.23. The highest BCUT2D eigenvalue weighted by molar-refractivity contribution is 5.68. The fourth-order valence-corrected chi connectivity index (χ4v) is 3.70. The van der Waals surface area contributed by atoms with Gasteiger partial charge in [0.15, 0.2) is 17.3 Å². The molecule has 168 valence electrons. The van der Waals surface area contributed by atoms with Crippen LogP contribution in [0.15, 0.2) is 40.9 Å². The molecule has 0 fully saturated rings. The van der Waals surface area contributed by atoms with E-state index in [1.165, 1.54) is 0 Å². The molecule has 1 aliphatic heterocycles. The number of aromatic nitrogens is 3. The van der Waals surface area contributed by atoms with Crippen molar-refractivity contribution in [3.8, 4) is 11.5 Å². The molecule has 0 saturated heterocycles. The van der Waals surface area contributed by atoms with E-state index in [4.69, 9.17) is 14.0 Å². The van der Waals surface area contributed by atoms with Crippen molar-refractivity contribution in [3.63, 3.8) is 0 Å². The molecule has 9 heteroatoms. The summed E-state index contributed by atoms with van der Waals surface area (Å²) >= 11 is 0. The first-order valence-corrected chi connectivity index (χ1v) is 10.7. The Morgan fingerprint density at radius 1 is 1.16 bits per heavy atom. The SMILES string of the molecule is CCNc1cccc(CCCc2noc(CC(CC(=O)O)c3ccc4c(c3)OCO4)n2)n1. The van der Waals surface area contributed by atoms with Gasteiger partial charge in [-0.15, -0.1) is 0 Å². The molecular weight excluding hydrogens is 412 g/mol. The van der Waals surface area contributed by atoms with E-state index in [-0.39, 0.29) is 19.1 Å². The van der Waals surface area contributed by atoms with E-state index in [0.717, 1.165) is 36.5 Å². The molecule has 4 rings (SSSR count). The summed E-state index contributed by atoms with van der Waals surface area (Å²) in [5.74, 6) is 2.00. The molecule has 2 N–H and O–H groups in total. The minimum atomic E-state index is -0.889. The standard InChI is InChI=1S/C23H26N4O5/c1-2-24-20-7-3-5-17(25-20)6-4-8-21-26-22(32-27-21)12-16(13-23(28)29)15-9-10-18-19(11-15)31-14-30-18/h3,5,7,9-11,16H,2,4,6,8,12-14H2,1H3,(H,24,25)(H,28,29). The number of carbonyl (C=O) groups is 1. The number of hydrogen-bond donors (Lipinski definition) is 2. The fourth-order valence-electron chi connectivity index (χ4n) is 3.70. The molecule has 0 radical (unpaired) electrons. The van der Waals surface area contributed by atoms with Crippen molar-refractivity contribution in [1.29, 1.82) is 0 Å². The van der Waals surface area contributed by atoms with Crippen molar-refractivity contribution < 1.29 is 23.9 Å². The van der Waals surface area contributed by atoms with Gasteiger partial charge in [0.1, 0.15) is 5.82 Å². The molecule has 1 aliphatic rings. The maximum atomic E-state index is 11.4. The first-order chi connectivity index (χ1) is 15.6. The van der Waals surface area contributed by atoms with Crippen molar-refractivity contribution in [3.05, 3.63) is 59.4 Å². The zero-order chi connectivity index (χ0) is 22.3. The van der Waals surface area contributed by atoms with Crippen LogP contribution in [0.1, 0.15) is 48.7 Å². The van der Waals surface area contributed by atoms with Gasteiger partial charge in [0.2, 0.25) is 12.7 Å². The lowest BCUT2D eigenvalue weighted by molar-refractivity contribution is -0.137. The van der Waals surface area contributed by atoms with Gasteiger partial charge in [0.25, 0.3) is 0 Å². The maximum absolute atomic E-state index is 11.4. The number of rotatable bonds is 11. The monoisotopic (exact) mass is 438 g/mol. The van der Waals surface area contributed by atoms with Crippen LogP contribution in [0.3, 0.4) is 0 Å². The van der Waals surface area contributed by atoms with Gasteiger partial charge in [-0.2, -0.15) is 4.98 Å². The first-order valence-electron chi connectivity index (χ1n) is 10.7. The zero-order valence-electron chi connectivity index (χ0n) is 17.9. The van der Waals surface area contributed by atoms with Crippen molar-refractivity contribution in [2.24, 2.45) is 0 Å². The zero-order valence-corrected chi connectivity index (χ0v) is 17.9. The summed E-state index contributed by atoms with van der Waals surface area (Å²) in [5, 5.41) is 16.6. The topological polar surface area (TPSA) is 120 Å². The Morgan fingerprint density at radius 3 is 2.88 bits per heavy atom. The highest BCUT2D eigenvalue weighted by Crippen LogP contribution is 2.36. The van der Waals surface area contributed by atoms with Crippen LogP contribution in [-0.4, -0.2) is 39.5 Å². The summed E-state index contributed by atoms with van der Waals surface area (Å²) in [6.07, 6.45) is 2.59. The van der Waals surface area contributed by atoms with Gasteiger partial charge in [0.05, 0.1) is 6.42 Å². The van der Waals surface area contributed by atoms with E-state index < -0.39 is 5.97 Å². The second-order valence-electron chi connectivity index (χ2n) is 7.61. The number of carboxylic acid groups (broad SMARTS) is 1. The lowest BCUT2D eigenvalue weighted by atomic mass is 9.92. The van der Waals surface area contributed by atoms with Gasteiger partial charge >= 0.3 is 5.97 Å². The Balaban J connectivity index is 1.36. The van der Waals surface area contributed by atoms with E-state index in [1.54, 1.807) is 6.07 Å². The number of hydrogen-bond acceptors (Lipinski definition) is 8. The molecule has 1 atom stereocenters. The molecule has 0 amide bonds. The lowest BCUT2D eigenvalue weighted by Crippen LogP contribution is -2.09. The number of pyridine rings is 1. The molecule has 0 bridgehead atoms. The Hall–Kier alpha value is -3.62. The molecule has 3 heterocycles. The second-order valence-corrected chi connectivity index (χ2v) is 7.61. The van der Waals surface area contributed by atoms with E-state index >= 15 is 0 Å². The third kappa shape index (κ3) is 5.54. The third-order valence-corrected chi connectivity index (χ3v) is 5.22. The Bertz CT molecular complexity index is 1070. The quantitative estimate of drug-likeness (QED) is 0.463. The van der Waals surface area contributed by atoms with E-state index in [9.17, 15) is 9.90 Å². The number of ether oxygens (including phenoxy) is 2. The van der Waals surface area contributed by atoms with Gasteiger partial charge < -0.3 is 24.4 Å². The molecule has 2 aromatic heterocycles. The van der Waals surface area contributed by atoms with Crippen LogP contribution in [0, 0.1) is 0 Å². The normalized spacial score (nSPS) is 13.2. The molecule has 9 nitrogen and oxygen atoms in total. The van der Waals surface area contributed by atoms with Crippen molar-refractivity contribution in [2.75, 3.05) is 18.7 Å². The Morgan fingerprint density at radius 2 is 2.03 bits per heavy atom. The van der Waals surface area contributed by atoms with Crippen LogP contribution >= 0.6 is 0 Å². The first kappa shape index (κ1) is 21.6. The molecule has 1 aromatic carbocycles. The summed E-state index contributed by atoms with van der Waals surface area (Å²) in [4.78, 5) is 20.5. The Labute approximate surface area is 185 Å². The van der Waals surface area contributed by atoms with Gasteiger partial charge in [0, 0.05) is 31.0 Å². The van der Waals surface area contributed by atoms with Crippen molar-refractivity contribution in [2.45, 2.75) is 44.9 Å². The number of aliphatic carboxylic acids is 1. The van der Waals surface area contributed by atoms with Gasteiger partial charge in [-0.3, -0.25) is 4.79 Å². The summed E-state index contributed by atoms with van der Waals surface area (Å²) < 4.78 is 16.2. The van der Waals surface area contributed by atoms with Gasteiger partial charge in [-0.25, -0.2) is 4.98 Å². The van der Waals surface area contributed by atoms with Crippen LogP contribution in [0.5, 0.6) is 11.5 Å². The lowest BCUT2D eigenvalue weighted by Gasteiger charge is -2.13. The van der Waals surface area contributed by atoms with Crippen molar-refractivity contribution in [1.82, 2.24) is 15.1 Å². The minimum absolute atomic E-state index is 0.0504. The largest absolute Gasteiger partial charge is 0.481 e. The number of aryl methyl sites for hydroxylation is 2. The summed E-state index contributed by atoms with van der Waals surface area (Å²) in [7, 11) is 0. The highest BCUT2D eigenvalue weighted by atomic mass is 16.7. The number of anilines is 1. The average Bonchev–Trinajstić information content (AvgIpc) is 3.42. The van der Waals surface area contributed by atoms with E-state index in [1.807, 2.05) is 37.3 Å². The van der Waals surface area contributed by atoms with Crippen LogP contribution in [0.25, 0.3) is 0 Å². The molecular formula is C23H26N4O5. The average molecular weight is 438 g/mol. The van der Waals surface area contributed by atoms with E-state index in [0.29, 0.717) is 36.1 Å². The van der Waals surface area contributed by atoms with Crippen molar-refractivity contribution >= 4 is 11.8 Å². The van der Waals surface area contributed by atoms with Crippen LogP contribution < -0.4 is 14.8 Å². The second kappa shape index (κ2) is 10.1. The molecule has 0 saturated carbocycles. The molecule has 1 unspecified atom stereocenters. The predicted molar refractivity (Wildman–Crippen MR) is 116 cm³/mol. The number of fused-ring (bicyclic) bond motifs is 1.